The van der Waals surface area contributed by atoms with Crippen molar-refractivity contribution in [2.75, 3.05) is 19.8 Å². The zero-order valence-corrected chi connectivity index (χ0v) is 100. The SMILES string of the molecule is CCCCCCCCCCCCCCCCCOP(Oc1cccc(CCCCCCCCC)c1)Oc1cc(C)c(C(C)CC(c2cc(C(C)(C)C)c(OP(OCCCCCCCCCCCCCCCCC)Oc3cccc(CCCCCCCCC)c3)cc2C)c2cc(C(C)(C)C)c(OP(OCCCCCCCCCCCCCCCCC)Oc3cccc(CCCCCCCCC)c3)cc2C)cc1C(C)(C)C. The molecule has 0 aliphatic carbocycles. The maximum atomic E-state index is 7.46. The van der Waals surface area contributed by atoms with Crippen LogP contribution in [0.3, 0.4) is 0 Å². The second-order valence-corrected chi connectivity index (χ2v) is 50.4. The van der Waals surface area contributed by atoms with Gasteiger partial charge in [0.2, 0.25) is 0 Å². The summed E-state index contributed by atoms with van der Waals surface area (Å²) in [5, 5.41) is 0. The fraction of sp³-hybridized carbons (Fsp3) is 0.729. The molecule has 824 valence electrons. The van der Waals surface area contributed by atoms with Crippen molar-refractivity contribution < 1.29 is 40.7 Å². The molecule has 0 fully saturated rings. The van der Waals surface area contributed by atoms with E-state index in [1.54, 1.807) is 0 Å². The predicted molar refractivity (Wildman–Crippen MR) is 636 cm³/mol. The lowest BCUT2D eigenvalue weighted by Gasteiger charge is -2.33. The topological polar surface area (TPSA) is 83.1 Å². The lowest BCUT2D eigenvalue weighted by atomic mass is 9.74. The van der Waals surface area contributed by atoms with Crippen LogP contribution in [0.25, 0.3) is 0 Å². The predicted octanol–water partition coefficient (Wildman–Crippen LogP) is 46.4. The van der Waals surface area contributed by atoms with E-state index in [2.05, 4.69) is 241 Å². The van der Waals surface area contributed by atoms with Gasteiger partial charge >= 0.3 is 25.8 Å². The first-order valence-electron chi connectivity index (χ1n) is 61.5. The monoisotopic (exact) mass is 2060 g/mol. The second-order valence-electron chi connectivity index (χ2n) is 47.2. The van der Waals surface area contributed by atoms with E-state index < -0.39 is 25.8 Å². The van der Waals surface area contributed by atoms with Crippen LogP contribution in [0, 0.1) is 20.8 Å². The molecule has 4 atom stereocenters. The maximum absolute atomic E-state index is 7.46. The first kappa shape index (κ1) is 129. The van der Waals surface area contributed by atoms with E-state index >= 15 is 0 Å². The van der Waals surface area contributed by atoms with Crippen LogP contribution in [0.4, 0.5) is 0 Å². The van der Waals surface area contributed by atoms with Crippen molar-refractivity contribution in [2.45, 2.75) is 609 Å². The molecule has 12 heteroatoms. The molecule has 0 saturated heterocycles. The summed E-state index contributed by atoms with van der Waals surface area (Å²) in [4.78, 5) is 0. The quantitative estimate of drug-likeness (QED) is 0.0274. The van der Waals surface area contributed by atoms with Gasteiger partial charge in [0.25, 0.3) is 0 Å². The highest BCUT2D eigenvalue weighted by Gasteiger charge is 2.35. The Morgan fingerprint density at radius 2 is 0.414 bits per heavy atom. The fourth-order valence-electron chi connectivity index (χ4n) is 20.9. The molecule has 6 rings (SSSR count). The number of rotatable bonds is 92. The normalized spacial score (nSPS) is 13.1. The summed E-state index contributed by atoms with van der Waals surface area (Å²) in [6.07, 6.45) is 90.1. The third kappa shape index (κ3) is 58.3. The number of aryl methyl sites for hydroxylation is 6. The van der Waals surface area contributed by atoms with Gasteiger partial charge < -0.3 is 27.1 Å². The Bertz CT molecular complexity index is 4000. The standard InChI is InChI=1S/C133H223O9P3/c1-20-26-32-38-44-47-50-53-56-59-62-65-71-77-83-98-134-143(137-118-95-86-92-115(105-118)89-80-74-68-41-35-29-23-4)140-128-102-112(8)121(108-125(128)131(11,12)13)111(7)101-124(122-109-126(132(14,15)16)129(103-113(122)9)141-144(138-119-96-87-93-116(106-119)90-81-75-69-42-36-30-24-5)135-99-84-78-72-66-63-60-57-54-51-48-45-39-33-27-21-2)123-110-127(133(17,18)19)130(104-114(123)10)142-145(139-120-97-88-94-117(107-120)91-82-76-70-43-37-31-25-6)136-100-85-79-73-67-64-61-58-55-52-49-46-40-34-28-22-3/h86-88,92-97,102-111,124H,20-85,89-91,98-101H2,1-19H3. The van der Waals surface area contributed by atoms with Gasteiger partial charge in [0.1, 0.15) is 34.5 Å². The number of benzene rings is 6. The smallest absolute Gasteiger partial charge is 0.418 e. The molecule has 0 aliphatic rings. The van der Waals surface area contributed by atoms with Crippen LogP contribution in [0.5, 0.6) is 34.5 Å². The largest absolute Gasteiger partial charge is 0.463 e. The minimum atomic E-state index is -1.87. The molecule has 4 unspecified atom stereocenters. The van der Waals surface area contributed by atoms with Crippen molar-refractivity contribution in [3.05, 3.63) is 176 Å². The molecule has 0 spiro atoms. The van der Waals surface area contributed by atoms with E-state index in [9.17, 15) is 0 Å². The third-order valence-electron chi connectivity index (χ3n) is 30.2. The Hall–Kier alpha value is -4.71. The molecule has 0 aliphatic heterocycles. The summed E-state index contributed by atoms with van der Waals surface area (Å²) in [7, 11) is -5.57. The lowest BCUT2D eigenvalue weighted by Crippen LogP contribution is -2.19. The van der Waals surface area contributed by atoms with Crippen molar-refractivity contribution in [2.24, 2.45) is 0 Å². The van der Waals surface area contributed by atoms with Crippen LogP contribution in [-0.2, 0) is 49.1 Å². The molecule has 6 aromatic carbocycles. The van der Waals surface area contributed by atoms with Gasteiger partial charge in [-0.3, -0.25) is 13.6 Å². The molecule has 0 bridgehead atoms. The van der Waals surface area contributed by atoms with E-state index in [-0.39, 0.29) is 28.1 Å². The maximum Gasteiger partial charge on any atom is 0.463 e. The van der Waals surface area contributed by atoms with Crippen molar-refractivity contribution in [1.82, 2.24) is 0 Å². The molecule has 145 heavy (non-hydrogen) atoms. The van der Waals surface area contributed by atoms with E-state index in [0.29, 0.717) is 19.8 Å². The highest BCUT2D eigenvalue weighted by Crippen LogP contribution is 2.53. The van der Waals surface area contributed by atoms with Crippen molar-refractivity contribution in [3.63, 3.8) is 0 Å². The van der Waals surface area contributed by atoms with Crippen LogP contribution >= 0.6 is 25.8 Å². The van der Waals surface area contributed by atoms with E-state index in [0.717, 1.165) is 115 Å². The molecule has 0 saturated carbocycles. The van der Waals surface area contributed by atoms with Crippen molar-refractivity contribution in [3.8, 4) is 34.5 Å². The van der Waals surface area contributed by atoms with Crippen LogP contribution < -0.4 is 27.1 Å². The first-order chi connectivity index (χ1) is 70.4. The Kier molecular flexibility index (Phi) is 71.3. The minimum absolute atomic E-state index is 0.0759. The zero-order chi connectivity index (χ0) is 104. The average Bonchev–Trinajstić information content (AvgIpc) is 0.764. The second kappa shape index (κ2) is 80.2. The van der Waals surface area contributed by atoms with Gasteiger partial charge in [-0.25, -0.2) is 0 Å². The minimum Gasteiger partial charge on any atom is -0.418 e. The number of hydrogen-bond donors (Lipinski definition) is 0. The van der Waals surface area contributed by atoms with Gasteiger partial charge in [0.05, 0.1) is 19.8 Å². The molecule has 0 N–H and O–H groups in total. The fourth-order valence-corrected chi connectivity index (χ4v) is 24.0. The van der Waals surface area contributed by atoms with Gasteiger partial charge in [-0.15, -0.1) is 0 Å². The summed E-state index contributed by atoms with van der Waals surface area (Å²) in [6, 6.07) is 40.9. The van der Waals surface area contributed by atoms with Gasteiger partial charge in [-0.05, 0) is 212 Å². The van der Waals surface area contributed by atoms with Crippen molar-refractivity contribution in [1.29, 1.82) is 0 Å². The molecule has 6 aromatic rings. The molecule has 0 heterocycles. The Morgan fingerprint density at radius 1 is 0.221 bits per heavy atom. The first-order valence-corrected chi connectivity index (χ1v) is 64.8. The zero-order valence-electron chi connectivity index (χ0n) is 97.7. The highest BCUT2D eigenvalue weighted by atomic mass is 31.2. The van der Waals surface area contributed by atoms with E-state index in [4.69, 9.17) is 40.7 Å². The summed E-state index contributed by atoms with van der Waals surface area (Å²) < 4.78 is 64.5. The van der Waals surface area contributed by atoms with Gasteiger partial charge in [0, 0.05) is 22.6 Å². The van der Waals surface area contributed by atoms with E-state index in [1.807, 2.05) is 0 Å². The molecule has 0 aromatic heterocycles. The molecule has 9 nitrogen and oxygen atoms in total. The van der Waals surface area contributed by atoms with Gasteiger partial charge in [-0.1, -0.05) is 551 Å². The molecule has 0 radical (unpaired) electrons. The van der Waals surface area contributed by atoms with Gasteiger partial charge in [0.15, 0.2) is 0 Å². The van der Waals surface area contributed by atoms with Crippen LogP contribution in [0.1, 0.15) is 620 Å². The van der Waals surface area contributed by atoms with Gasteiger partial charge in [-0.2, -0.15) is 0 Å². The summed E-state index contributed by atoms with van der Waals surface area (Å²) in [5.74, 6) is 4.89. The lowest BCUT2D eigenvalue weighted by molar-refractivity contribution is 0.256. The molecular formula is C133H223O9P3. The van der Waals surface area contributed by atoms with Crippen LogP contribution in [-0.4, -0.2) is 19.8 Å². The van der Waals surface area contributed by atoms with E-state index in [1.165, 1.54) is 435 Å². The Balaban J connectivity index is 1.42. The summed E-state index contributed by atoms with van der Waals surface area (Å²) in [5.41, 5.74) is 13.7. The third-order valence-corrected chi connectivity index (χ3v) is 33.5. The average molecular weight is 2060 g/mol. The number of hydrogen-bond acceptors (Lipinski definition) is 9. The molecule has 0 amide bonds. The Morgan fingerprint density at radius 3 is 0.628 bits per heavy atom. The summed E-state index contributed by atoms with van der Waals surface area (Å²) in [6.45, 7) is 46.1. The van der Waals surface area contributed by atoms with Crippen LogP contribution in [0.2, 0.25) is 0 Å². The summed E-state index contributed by atoms with van der Waals surface area (Å²) >= 11 is 0. The highest BCUT2D eigenvalue weighted by molar-refractivity contribution is 7.43. The van der Waals surface area contributed by atoms with Crippen molar-refractivity contribution >= 4 is 25.8 Å². The Labute approximate surface area is 899 Å². The molecular weight excluding hydrogens is 1830 g/mol. The number of unbranched alkanes of at least 4 members (excludes halogenated alkanes) is 60. The van der Waals surface area contributed by atoms with Crippen LogP contribution in [0.15, 0.2) is 109 Å².